The Labute approximate surface area is 203 Å². The van der Waals surface area contributed by atoms with Crippen molar-refractivity contribution in [1.82, 2.24) is 4.57 Å². The largest absolute Gasteiger partial charge is 0.456 e. The molecule has 3 aromatic carbocycles. The van der Waals surface area contributed by atoms with Crippen molar-refractivity contribution in [2.24, 2.45) is 4.99 Å². The molecule has 1 aromatic heterocycles. The second-order valence-corrected chi connectivity index (χ2v) is 10.2. The van der Waals surface area contributed by atoms with Crippen molar-refractivity contribution in [1.29, 1.82) is 0 Å². The van der Waals surface area contributed by atoms with Crippen molar-refractivity contribution in [3.63, 3.8) is 0 Å². The molecule has 5 nitrogen and oxygen atoms in total. The first kappa shape index (κ1) is 23.6. The molecule has 0 N–H and O–H groups in total. The Kier molecular flexibility index (Phi) is 6.80. The maximum Gasteiger partial charge on any atom is 0.339 e. The molecule has 0 aliphatic carbocycles. The normalized spacial score (nSPS) is 12.2. The summed E-state index contributed by atoms with van der Waals surface area (Å²) in [6, 6.07) is 21.2. The highest BCUT2D eigenvalue weighted by Crippen LogP contribution is 2.20. The third-order valence-corrected chi connectivity index (χ3v) is 6.48. The Morgan fingerprint density at radius 3 is 2.35 bits per heavy atom. The fraction of sp³-hybridized carbons (Fsp3) is 0.250. The van der Waals surface area contributed by atoms with Gasteiger partial charge in [0, 0.05) is 11.1 Å². The van der Waals surface area contributed by atoms with Crippen molar-refractivity contribution in [3.05, 3.63) is 99.3 Å². The van der Waals surface area contributed by atoms with E-state index in [4.69, 9.17) is 4.74 Å². The number of ether oxygens (including phenoxy) is 1. The molecule has 0 aliphatic heterocycles. The molecule has 0 atom stereocenters. The fourth-order valence-electron chi connectivity index (χ4n) is 3.74. The number of rotatable bonds is 5. The number of carbonyl (C=O) groups excluding carboxylic acids is 2. The van der Waals surface area contributed by atoms with E-state index in [9.17, 15) is 9.59 Å². The number of hydrogen-bond donors (Lipinski definition) is 0. The van der Waals surface area contributed by atoms with Gasteiger partial charge < -0.3 is 9.30 Å². The molecule has 0 fully saturated rings. The predicted octanol–water partition coefficient (Wildman–Crippen LogP) is 6.01. The second kappa shape index (κ2) is 9.77. The molecule has 0 spiro atoms. The van der Waals surface area contributed by atoms with Crippen molar-refractivity contribution in [2.75, 3.05) is 0 Å². The number of aromatic nitrogens is 1. The lowest BCUT2D eigenvalue weighted by Gasteiger charge is -2.20. The van der Waals surface area contributed by atoms with Crippen LogP contribution in [0.1, 0.15) is 58.9 Å². The fourth-order valence-corrected chi connectivity index (χ4v) is 4.66. The van der Waals surface area contributed by atoms with Crippen LogP contribution < -0.4 is 4.80 Å². The molecule has 0 radical (unpaired) electrons. The van der Waals surface area contributed by atoms with Gasteiger partial charge in [0.25, 0.3) is 5.91 Å². The van der Waals surface area contributed by atoms with Crippen LogP contribution in [-0.4, -0.2) is 22.0 Å². The molecule has 1 amide bonds. The summed E-state index contributed by atoms with van der Waals surface area (Å²) < 4.78 is 7.51. The molecule has 0 bridgehead atoms. The van der Waals surface area contributed by atoms with Crippen molar-refractivity contribution in [3.8, 4) is 0 Å². The van der Waals surface area contributed by atoms with E-state index in [1.807, 2.05) is 22.8 Å². The first-order valence-electron chi connectivity index (χ1n) is 11.3. The molecular weight excluding hydrogens is 444 g/mol. The number of fused-ring (bicyclic) bond motifs is 1. The van der Waals surface area contributed by atoms with Gasteiger partial charge in [-0.05, 0) is 55.7 Å². The third-order valence-electron chi connectivity index (χ3n) is 5.31. The highest BCUT2D eigenvalue weighted by atomic mass is 32.1. The van der Waals surface area contributed by atoms with Crippen molar-refractivity contribution < 1.29 is 14.3 Å². The molecule has 1 heterocycles. The van der Waals surface area contributed by atoms with E-state index < -0.39 is 17.5 Å². The zero-order chi connectivity index (χ0) is 24.3. The topological polar surface area (TPSA) is 60.7 Å². The number of hydrogen-bond acceptors (Lipinski definition) is 4. The Morgan fingerprint density at radius 2 is 1.62 bits per heavy atom. The molecule has 6 heteroatoms. The van der Waals surface area contributed by atoms with E-state index in [1.165, 1.54) is 22.1 Å². The SMILES string of the molecule is CCc1cn(Cc2cccc3ccccc23)/c(=N/C(=O)c2ccccc2C(=O)OC(C)(C)C)s1. The van der Waals surface area contributed by atoms with Gasteiger partial charge in [0.15, 0.2) is 4.80 Å². The van der Waals surface area contributed by atoms with Crippen molar-refractivity contribution >= 4 is 34.0 Å². The maximum atomic E-state index is 13.2. The van der Waals surface area contributed by atoms with Gasteiger partial charge in [-0.1, -0.05) is 61.5 Å². The van der Waals surface area contributed by atoms with E-state index in [-0.39, 0.29) is 11.1 Å². The zero-order valence-corrected chi connectivity index (χ0v) is 20.7. The van der Waals surface area contributed by atoms with Gasteiger partial charge >= 0.3 is 5.97 Å². The van der Waals surface area contributed by atoms with Gasteiger partial charge in [0.2, 0.25) is 0 Å². The van der Waals surface area contributed by atoms with Crippen LogP contribution in [0.5, 0.6) is 0 Å². The Bertz CT molecular complexity index is 1420. The highest BCUT2D eigenvalue weighted by molar-refractivity contribution is 7.09. The van der Waals surface area contributed by atoms with Crippen LogP contribution in [-0.2, 0) is 17.7 Å². The molecule has 34 heavy (non-hydrogen) atoms. The average molecular weight is 473 g/mol. The second-order valence-electron chi connectivity index (χ2n) is 9.06. The summed E-state index contributed by atoms with van der Waals surface area (Å²) in [5.74, 6) is -0.992. The molecule has 174 valence electrons. The van der Waals surface area contributed by atoms with E-state index in [1.54, 1.807) is 45.0 Å². The molecule has 4 aromatic rings. The minimum Gasteiger partial charge on any atom is -0.456 e. The quantitative estimate of drug-likeness (QED) is 0.334. The minimum absolute atomic E-state index is 0.221. The van der Waals surface area contributed by atoms with Crippen LogP contribution in [0, 0.1) is 0 Å². The van der Waals surface area contributed by atoms with Gasteiger partial charge in [-0.3, -0.25) is 4.79 Å². The minimum atomic E-state index is -0.657. The standard InChI is InChI=1S/C28H28N2O3S/c1-5-21-18-30(17-20-13-10-12-19-11-6-7-14-22(19)20)27(34-21)29-25(31)23-15-8-9-16-24(23)26(32)33-28(2,3)4/h6-16,18H,5,17H2,1-4H3/b29-27-. The zero-order valence-electron chi connectivity index (χ0n) is 19.9. The highest BCUT2D eigenvalue weighted by Gasteiger charge is 2.22. The summed E-state index contributed by atoms with van der Waals surface area (Å²) in [6.07, 6.45) is 2.90. The van der Waals surface area contributed by atoms with Gasteiger partial charge in [-0.2, -0.15) is 4.99 Å². The summed E-state index contributed by atoms with van der Waals surface area (Å²) in [5, 5.41) is 2.35. The molecule has 0 aliphatic rings. The summed E-state index contributed by atoms with van der Waals surface area (Å²) in [7, 11) is 0. The Hall–Kier alpha value is -3.51. The average Bonchev–Trinajstić information content (AvgIpc) is 3.19. The van der Waals surface area contributed by atoms with E-state index in [2.05, 4.69) is 42.4 Å². The lowest BCUT2D eigenvalue weighted by atomic mass is 10.0. The smallest absolute Gasteiger partial charge is 0.339 e. The Morgan fingerprint density at radius 1 is 0.941 bits per heavy atom. The number of esters is 1. The van der Waals surface area contributed by atoms with Gasteiger partial charge in [-0.25, -0.2) is 4.79 Å². The summed E-state index contributed by atoms with van der Waals surface area (Å²) in [6.45, 7) is 8.07. The molecular formula is C28H28N2O3S. The van der Waals surface area contributed by atoms with Crippen LogP contribution in [0.15, 0.2) is 77.9 Å². The molecule has 4 rings (SSSR count). The molecule has 0 saturated carbocycles. The van der Waals surface area contributed by atoms with Crippen LogP contribution in [0.25, 0.3) is 10.8 Å². The third kappa shape index (κ3) is 5.34. The van der Waals surface area contributed by atoms with Crippen molar-refractivity contribution in [2.45, 2.75) is 46.3 Å². The van der Waals surface area contributed by atoms with E-state index in [0.717, 1.165) is 16.9 Å². The summed E-state index contributed by atoms with van der Waals surface area (Å²) >= 11 is 1.49. The summed E-state index contributed by atoms with van der Waals surface area (Å²) in [5.41, 5.74) is 0.955. The van der Waals surface area contributed by atoms with Crippen LogP contribution in [0.2, 0.25) is 0 Å². The number of thiazole rings is 1. The summed E-state index contributed by atoms with van der Waals surface area (Å²) in [4.78, 5) is 32.1. The monoisotopic (exact) mass is 472 g/mol. The van der Waals surface area contributed by atoms with Crippen LogP contribution in [0.3, 0.4) is 0 Å². The number of benzene rings is 3. The van der Waals surface area contributed by atoms with Gasteiger partial charge in [-0.15, -0.1) is 11.3 Å². The van der Waals surface area contributed by atoms with Gasteiger partial charge in [0.1, 0.15) is 5.60 Å². The van der Waals surface area contributed by atoms with Crippen LogP contribution in [0.4, 0.5) is 0 Å². The molecule has 0 unspecified atom stereocenters. The first-order valence-corrected chi connectivity index (χ1v) is 12.1. The number of nitrogens with zero attached hydrogens (tertiary/aromatic N) is 2. The maximum absolute atomic E-state index is 13.2. The molecule has 0 saturated heterocycles. The number of amides is 1. The lowest BCUT2D eigenvalue weighted by Crippen LogP contribution is -2.25. The lowest BCUT2D eigenvalue weighted by molar-refractivity contribution is 0.00677. The Balaban J connectivity index is 1.73. The number of carbonyl (C=O) groups is 2. The first-order chi connectivity index (χ1) is 16.2. The number of aryl methyl sites for hydroxylation is 1. The van der Waals surface area contributed by atoms with Crippen LogP contribution >= 0.6 is 11.3 Å². The van der Waals surface area contributed by atoms with E-state index in [0.29, 0.717) is 11.3 Å². The predicted molar refractivity (Wildman–Crippen MR) is 136 cm³/mol. The van der Waals surface area contributed by atoms with E-state index >= 15 is 0 Å². The van der Waals surface area contributed by atoms with Gasteiger partial charge in [0.05, 0.1) is 17.7 Å².